The summed E-state index contributed by atoms with van der Waals surface area (Å²) in [7, 11) is 0. The van der Waals surface area contributed by atoms with Gasteiger partial charge in [0.2, 0.25) is 5.91 Å². The maximum Gasteiger partial charge on any atom is 0.261 e. The molecule has 31 heavy (non-hydrogen) atoms. The Kier molecular flexibility index (Phi) is 9.31. The summed E-state index contributed by atoms with van der Waals surface area (Å²) in [6.07, 6.45) is 1.82. The zero-order chi connectivity index (χ0) is 23.0. The number of hydrogen-bond donors (Lipinski definition) is 1. The van der Waals surface area contributed by atoms with Crippen LogP contribution in [0, 0.1) is 19.7 Å². The molecule has 0 unspecified atom stereocenters. The number of unbranched alkanes of at least 4 members (excludes halogenated alkanes) is 1. The van der Waals surface area contributed by atoms with Gasteiger partial charge in [0.15, 0.2) is 6.61 Å². The van der Waals surface area contributed by atoms with Crippen molar-refractivity contribution in [3.05, 3.63) is 63.9 Å². The summed E-state index contributed by atoms with van der Waals surface area (Å²) in [5, 5.41) is 3.52. The van der Waals surface area contributed by atoms with Gasteiger partial charge in [0.25, 0.3) is 5.91 Å². The minimum absolute atomic E-state index is 0.170. The minimum Gasteiger partial charge on any atom is -0.484 e. The highest BCUT2D eigenvalue weighted by atomic mass is 35.5. The first-order valence-corrected chi connectivity index (χ1v) is 10.8. The van der Waals surface area contributed by atoms with Crippen LogP contribution >= 0.6 is 11.6 Å². The molecule has 0 aliphatic carbocycles. The average molecular weight is 449 g/mol. The molecule has 1 atom stereocenters. The molecular weight excluding hydrogens is 419 g/mol. The van der Waals surface area contributed by atoms with Crippen LogP contribution in [0.1, 0.15) is 43.4 Å². The number of nitrogens with one attached hydrogen (secondary N) is 1. The molecule has 7 heteroatoms. The van der Waals surface area contributed by atoms with Gasteiger partial charge in [0.1, 0.15) is 17.6 Å². The number of amides is 2. The number of benzene rings is 2. The lowest BCUT2D eigenvalue weighted by Crippen LogP contribution is -2.49. The molecule has 0 saturated carbocycles. The van der Waals surface area contributed by atoms with E-state index in [0.29, 0.717) is 17.3 Å². The first-order valence-electron chi connectivity index (χ1n) is 10.4. The highest BCUT2D eigenvalue weighted by Crippen LogP contribution is 2.26. The molecule has 0 aromatic heterocycles. The van der Waals surface area contributed by atoms with Gasteiger partial charge in [0, 0.05) is 18.1 Å². The van der Waals surface area contributed by atoms with E-state index >= 15 is 0 Å². The number of hydrogen-bond acceptors (Lipinski definition) is 3. The average Bonchev–Trinajstić information content (AvgIpc) is 2.74. The van der Waals surface area contributed by atoms with Crippen LogP contribution in [0.3, 0.4) is 0 Å². The van der Waals surface area contributed by atoms with Gasteiger partial charge in [-0.05, 0) is 68.1 Å². The molecule has 0 saturated heterocycles. The van der Waals surface area contributed by atoms with Crippen LogP contribution in [0.2, 0.25) is 5.02 Å². The third kappa shape index (κ3) is 7.24. The van der Waals surface area contributed by atoms with E-state index in [1.165, 1.54) is 17.0 Å². The Hall–Kier alpha value is -2.60. The Morgan fingerprint density at radius 1 is 1.16 bits per heavy atom. The molecule has 0 radical (unpaired) electrons. The Bertz CT molecular complexity index is 879. The normalized spacial score (nSPS) is 11.7. The number of ether oxygens (including phenoxy) is 1. The fourth-order valence-electron chi connectivity index (χ4n) is 3.12. The maximum absolute atomic E-state index is 13.3. The molecule has 2 rings (SSSR count). The van der Waals surface area contributed by atoms with Crippen molar-refractivity contribution in [3.63, 3.8) is 0 Å². The first kappa shape index (κ1) is 24.7. The van der Waals surface area contributed by atoms with Crippen LogP contribution in [0.4, 0.5) is 4.39 Å². The predicted octanol–water partition coefficient (Wildman–Crippen LogP) is 4.81. The van der Waals surface area contributed by atoms with Crippen molar-refractivity contribution in [2.45, 2.75) is 53.1 Å². The summed E-state index contributed by atoms with van der Waals surface area (Å²) in [6.45, 7) is 7.95. The molecule has 0 aliphatic heterocycles. The van der Waals surface area contributed by atoms with Crippen molar-refractivity contribution in [3.8, 4) is 5.75 Å². The number of nitrogens with zero attached hydrogens (tertiary/aromatic N) is 1. The van der Waals surface area contributed by atoms with E-state index in [-0.39, 0.29) is 30.8 Å². The molecule has 0 bridgehead atoms. The van der Waals surface area contributed by atoms with E-state index in [2.05, 4.69) is 5.32 Å². The number of rotatable bonds is 10. The summed E-state index contributed by atoms with van der Waals surface area (Å²) in [4.78, 5) is 27.1. The van der Waals surface area contributed by atoms with Crippen molar-refractivity contribution >= 4 is 23.4 Å². The van der Waals surface area contributed by atoms with Gasteiger partial charge in [0.05, 0.1) is 0 Å². The third-order valence-corrected chi connectivity index (χ3v) is 5.63. The van der Waals surface area contributed by atoms with Crippen molar-refractivity contribution < 1.29 is 18.7 Å². The summed E-state index contributed by atoms with van der Waals surface area (Å²) >= 11 is 6.19. The number of halogens is 2. The second-order valence-corrected chi connectivity index (χ2v) is 8.01. The van der Waals surface area contributed by atoms with Gasteiger partial charge in [-0.3, -0.25) is 9.59 Å². The molecule has 0 aliphatic rings. The van der Waals surface area contributed by atoms with Crippen LogP contribution in [-0.4, -0.2) is 35.9 Å². The molecule has 0 fully saturated rings. The molecule has 2 aromatic carbocycles. The van der Waals surface area contributed by atoms with E-state index in [4.69, 9.17) is 16.3 Å². The van der Waals surface area contributed by atoms with Gasteiger partial charge in [-0.25, -0.2) is 4.39 Å². The lowest BCUT2D eigenvalue weighted by atomic mass is 10.1. The van der Waals surface area contributed by atoms with E-state index in [1.54, 1.807) is 31.2 Å². The van der Waals surface area contributed by atoms with Crippen LogP contribution < -0.4 is 10.1 Å². The maximum atomic E-state index is 13.3. The number of aryl methyl sites for hydroxylation is 2. The number of carbonyl (C=O) groups is 2. The van der Waals surface area contributed by atoms with Gasteiger partial charge < -0.3 is 15.0 Å². The summed E-state index contributed by atoms with van der Waals surface area (Å²) < 4.78 is 19.0. The smallest absolute Gasteiger partial charge is 0.261 e. The van der Waals surface area contributed by atoms with E-state index in [0.717, 1.165) is 29.5 Å². The monoisotopic (exact) mass is 448 g/mol. The Balaban J connectivity index is 2.14. The van der Waals surface area contributed by atoms with Gasteiger partial charge in [-0.2, -0.15) is 0 Å². The summed E-state index contributed by atoms with van der Waals surface area (Å²) in [5.74, 6) is -0.395. The summed E-state index contributed by atoms with van der Waals surface area (Å²) in [6, 6.07) is 8.71. The second-order valence-electron chi connectivity index (χ2n) is 7.63. The van der Waals surface area contributed by atoms with Gasteiger partial charge in [-0.1, -0.05) is 37.1 Å². The fraction of sp³-hybridized carbons (Fsp3) is 0.417. The second kappa shape index (κ2) is 11.7. The van der Waals surface area contributed by atoms with Crippen LogP contribution in [-0.2, 0) is 16.1 Å². The molecular formula is C24H30ClFN2O3. The first-order chi connectivity index (χ1) is 14.7. The molecule has 2 amide bonds. The Morgan fingerprint density at radius 3 is 2.35 bits per heavy atom. The molecule has 1 N–H and O–H groups in total. The molecule has 0 heterocycles. The van der Waals surface area contributed by atoms with Crippen molar-refractivity contribution in [1.29, 1.82) is 0 Å². The predicted molar refractivity (Wildman–Crippen MR) is 121 cm³/mol. The van der Waals surface area contributed by atoms with Crippen molar-refractivity contribution in [2.24, 2.45) is 0 Å². The minimum atomic E-state index is -0.702. The number of carbonyl (C=O) groups excluding carboxylic acids is 2. The van der Waals surface area contributed by atoms with Crippen molar-refractivity contribution in [1.82, 2.24) is 10.2 Å². The lowest BCUT2D eigenvalue weighted by Gasteiger charge is -2.29. The SMILES string of the molecule is CCCCNC(=O)[C@H](C)N(Cc1ccc(F)cc1)C(=O)COc1cc(C)c(Cl)c(C)c1. The van der Waals surface area contributed by atoms with Gasteiger partial charge >= 0.3 is 0 Å². The molecule has 168 valence electrons. The summed E-state index contributed by atoms with van der Waals surface area (Å²) in [5.41, 5.74) is 2.44. The zero-order valence-electron chi connectivity index (χ0n) is 18.5. The topological polar surface area (TPSA) is 58.6 Å². The van der Waals surface area contributed by atoms with E-state index in [9.17, 15) is 14.0 Å². The Labute approximate surface area is 188 Å². The van der Waals surface area contributed by atoms with Crippen LogP contribution in [0.25, 0.3) is 0 Å². The largest absolute Gasteiger partial charge is 0.484 e. The van der Waals surface area contributed by atoms with E-state index < -0.39 is 6.04 Å². The van der Waals surface area contributed by atoms with Crippen LogP contribution in [0.15, 0.2) is 36.4 Å². The standard InChI is InChI=1S/C24H30ClFN2O3/c1-5-6-11-27-24(30)18(4)28(14-19-7-9-20(26)10-8-19)22(29)15-31-21-12-16(2)23(25)17(3)13-21/h7-10,12-13,18H,5-6,11,14-15H2,1-4H3,(H,27,30)/t18-/m0/s1. The highest BCUT2D eigenvalue weighted by molar-refractivity contribution is 6.32. The quantitative estimate of drug-likeness (QED) is 0.531. The van der Waals surface area contributed by atoms with E-state index in [1.807, 2.05) is 20.8 Å². The highest BCUT2D eigenvalue weighted by Gasteiger charge is 2.26. The van der Waals surface area contributed by atoms with Gasteiger partial charge in [-0.15, -0.1) is 0 Å². The zero-order valence-corrected chi connectivity index (χ0v) is 19.3. The Morgan fingerprint density at radius 2 is 1.77 bits per heavy atom. The third-order valence-electron chi connectivity index (χ3n) is 5.04. The molecule has 5 nitrogen and oxygen atoms in total. The lowest BCUT2D eigenvalue weighted by molar-refractivity contribution is -0.142. The van der Waals surface area contributed by atoms with Crippen molar-refractivity contribution in [2.75, 3.05) is 13.2 Å². The van der Waals surface area contributed by atoms with Crippen LogP contribution in [0.5, 0.6) is 5.75 Å². The fourth-order valence-corrected chi connectivity index (χ4v) is 3.23. The molecule has 2 aromatic rings. The molecule has 0 spiro atoms.